The molecule has 0 radical (unpaired) electrons. The number of hydrogen-bond acceptors (Lipinski definition) is 3. The number of aromatic nitrogens is 2. The summed E-state index contributed by atoms with van der Waals surface area (Å²) in [5.74, 6) is 0.772. The fourth-order valence-electron chi connectivity index (χ4n) is 1.50. The lowest BCUT2D eigenvalue weighted by atomic mass is 10.2. The number of aliphatic hydroxyl groups excluding tert-OH is 1. The van der Waals surface area contributed by atoms with Crippen molar-refractivity contribution >= 4 is 11.8 Å². The van der Waals surface area contributed by atoms with Gasteiger partial charge in [0.25, 0.3) is 0 Å². The highest BCUT2D eigenvalue weighted by Crippen LogP contribution is 2.24. The van der Waals surface area contributed by atoms with Gasteiger partial charge in [-0.1, -0.05) is 20.8 Å². The van der Waals surface area contributed by atoms with E-state index in [-0.39, 0.29) is 10.9 Å². The minimum atomic E-state index is -0.293. The number of aliphatic hydroxyl groups is 1. The van der Waals surface area contributed by atoms with E-state index in [1.54, 1.807) is 11.8 Å². The summed E-state index contributed by atoms with van der Waals surface area (Å²) < 4.78 is 2.06. The van der Waals surface area contributed by atoms with Gasteiger partial charge in [-0.15, -0.1) is 0 Å². The second kappa shape index (κ2) is 5.23. The third-order valence-electron chi connectivity index (χ3n) is 2.25. The smallest absolute Gasteiger partial charge is 0.0686 e. The van der Waals surface area contributed by atoms with Crippen LogP contribution in [0, 0.1) is 6.92 Å². The molecule has 1 aromatic heterocycles. The zero-order valence-electron chi connectivity index (χ0n) is 10.8. The van der Waals surface area contributed by atoms with Gasteiger partial charge >= 0.3 is 0 Å². The van der Waals surface area contributed by atoms with Crippen molar-refractivity contribution in [1.82, 2.24) is 9.78 Å². The van der Waals surface area contributed by atoms with Crippen LogP contribution >= 0.6 is 11.8 Å². The van der Waals surface area contributed by atoms with Gasteiger partial charge in [-0.05, 0) is 13.0 Å². The molecule has 0 saturated carbocycles. The van der Waals surface area contributed by atoms with E-state index < -0.39 is 0 Å². The van der Waals surface area contributed by atoms with Gasteiger partial charge in [0.1, 0.15) is 0 Å². The molecule has 0 aliphatic rings. The highest BCUT2D eigenvalue weighted by Gasteiger charge is 2.15. The predicted molar refractivity (Wildman–Crippen MR) is 69.9 cm³/mol. The van der Waals surface area contributed by atoms with Crippen molar-refractivity contribution < 1.29 is 5.11 Å². The molecule has 92 valence electrons. The largest absolute Gasteiger partial charge is 0.392 e. The average Bonchev–Trinajstić information content (AvgIpc) is 2.41. The summed E-state index contributed by atoms with van der Waals surface area (Å²) in [6.07, 6.45) is 0.388. The van der Waals surface area contributed by atoms with Crippen LogP contribution in [0.5, 0.6) is 0 Å². The molecule has 0 fully saturated rings. The molecule has 1 aromatic rings. The Bertz CT molecular complexity index is 341. The molecule has 0 saturated heterocycles. The van der Waals surface area contributed by atoms with E-state index in [4.69, 9.17) is 0 Å². The first-order chi connectivity index (χ1) is 7.28. The van der Waals surface area contributed by atoms with Crippen LogP contribution in [0.25, 0.3) is 0 Å². The lowest BCUT2D eigenvalue weighted by Crippen LogP contribution is -2.20. The second-order valence-electron chi connectivity index (χ2n) is 5.18. The number of hydrogen-bond donors (Lipinski definition) is 1. The van der Waals surface area contributed by atoms with Crippen molar-refractivity contribution in [2.45, 2.75) is 45.0 Å². The Morgan fingerprint density at radius 3 is 2.56 bits per heavy atom. The number of thioether (sulfide) groups is 1. The SMILES string of the molecule is Cc1cc(CC(O)CSC(C)(C)C)n(C)n1. The molecule has 1 atom stereocenters. The molecule has 1 rings (SSSR count). The quantitative estimate of drug-likeness (QED) is 0.879. The van der Waals surface area contributed by atoms with Crippen LogP contribution in [0.4, 0.5) is 0 Å². The minimum absolute atomic E-state index is 0.212. The molecule has 3 nitrogen and oxygen atoms in total. The van der Waals surface area contributed by atoms with Crippen LogP contribution in [0.3, 0.4) is 0 Å². The zero-order valence-corrected chi connectivity index (χ0v) is 11.6. The summed E-state index contributed by atoms with van der Waals surface area (Å²) in [6.45, 7) is 8.47. The Labute approximate surface area is 102 Å². The standard InChI is InChI=1S/C12H22N2OS/c1-9-6-10(14(5)13-9)7-11(15)8-16-12(2,3)4/h6,11,15H,7-8H2,1-5H3. The van der Waals surface area contributed by atoms with Crippen LogP contribution in [-0.4, -0.2) is 31.5 Å². The fourth-order valence-corrected chi connectivity index (χ4v) is 2.31. The minimum Gasteiger partial charge on any atom is -0.392 e. The summed E-state index contributed by atoms with van der Waals surface area (Å²) >= 11 is 1.79. The summed E-state index contributed by atoms with van der Waals surface area (Å²) in [5.41, 5.74) is 2.10. The topological polar surface area (TPSA) is 38.0 Å². The molecule has 1 heterocycles. The summed E-state index contributed by atoms with van der Waals surface area (Å²) in [7, 11) is 1.92. The Kier molecular flexibility index (Phi) is 4.44. The Balaban J connectivity index is 2.45. The van der Waals surface area contributed by atoms with Gasteiger partial charge in [-0.3, -0.25) is 4.68 Å². The molecule has 4 heteroatoms. The Morgan fingerprint density at radius 2 is 2.12 bits per heavy atom. The Hall–Kier alpha value is -0.480. The third-order valence-corrected chi connectivity index (χ3v) is 3.67. The molecular formula is C12H22N2OS. The highest BCUT2D eigenvalue weighted by atomic mass is 32.2. The van der Waals surface area contributed by atoms with Gasteiger partial charge in [0.05, 0.1) is 11.8 Å². The maximum atomic E-state index is 9.94. The van der Waals surface area contributed by atoms with Crippen molar-refractivity contribution in [3.05, 3.63) is 17.5 Å². The first-order valence-electron chi connectivity index (χ1n) is 5.59. The molecule has 0 bridgehead atoms. The summed E-state index contributed by atoms with van der Waals surface area (Å²) in [4.78, 5) is 0. The van der Waals surface area contributed by atoms with Crippen LogP contribution in [-0.2, 0) is 13.5 Å². The molecule has 0 aliphatic heterocycles. The molecule has 1 unspecified atom stereocenters. The average molecular weight is 242 g/mol. The monoisotopic (exact) mass is 242 g/mol. The third kappa shape index (κ3) is 4.58. The van der Waals surface area contributed by atoms with E-state index >= 15 is 0 Å². The van der Waals surface area contributed by atoms with Crippen molar-refractivity contribution in [3.8, 4) is 0 Å². The Morgan fingerprint density at radius 1 is 1.50 bits per heavy atom. The van der Waals surface area contributed by atoms with Crippen LogP contribution in [0.1, 0.15) is 32.2 Å². The number of rotatable bonds is 4. The van der Waals surface area contributed by atoms with Gasteiger partial charge in [0, 0.05) is 29.7 Å². The maximum Gasteiger partial charge on any atom is 0.0686 e. The molecule has 0 spiro atoms. The highest BCUT2D eigenvalue weighted by molar-refractivity contribution is 8.00. The predicted octanol–water partition coefficient (Wildman–Crippen LogP) is 2.16. The van der Waals surface area contributed by atoms with E-state index in [0.29, 0.717) is 6.42 Å². The van der Waals surface area contributed by atoms with Gasteiger partial charge in [0.15, 0.2) is 0 Å². The van der Waals surface area contributed by atoms with Gasteiger partial charge < -0.3 is 5.11 Å². The van der Waals surface area contributed by atoms with E-state index in [0.717, 1.165) is 17.1 Å². The number of nitrogens with zero attached hydrogens (tertiary/aromatic N) is 2. The van der Waals surface area contributed by atoms with Crippen molar-refractivity contribution in [3.63, 3.8) is 0 Å². The molecule has 1 N–H and O–H groups in total. The van der Waals surface area contributed by atoms with Gasteiger partial charge in [-0.25, -0.2) is 0 Å². The maximum absolute atomic E-state index is 9.94. The summed E-state index contributed by atoms with van der Waals surface area (Å²) in [6, 6.07) is 2.03. The van der Waals surface area contributed by atoms with Crippen LogP contribution in [0.2, 0.25) is 0 Å². The van der Waals surface area contributed by atoms with E-state index in [9.17, 15) is 5.11 Å². The fraction of sp³-hybridized carbons (Fsp3) is 0.750. The molecule has 16 heavy (non-hydrogen) atoms. The summed E-state index contributed by atoms with van der Waals surface area (Å²) in [5, 5.41) is 14.2. The lowest BCUT2D eigenvalue weighted by Gasteiger charge is -2.20. The van der Waals surface area contributed by atoms with Crippen LogP contribution in [0.15, 0.2) is 6.07 Å². The first kappa shape index (κ1) is 13.6. The van der Waals surface area contributed by atoms with Gasteiger partial charge in [-0.2, -0.15) is 16.9 Å². The van der Waals surface area contributed by atoms with Gasteiger partial charge in [0.2, 0.25) is 0 Å². The van der Waals surface area contributed by atoms with Crippen LogP contribution < -0.4 is 0 Å². The lowest BCUT2D eigenvalue weighted by molar-refractivity contribution is 0.197. The van der Waals surface area contributed by atoms with E-state index in [2.05, 4.69) is 25.9 Å². The van der Waals surface area contributed by atoms with Crippen molar-refractivity contribution in [1.29, 1.82) is 0 Å². The van der Waals surface area contributed by atoms with Crippen molar-refractivity contribution in [2.24, 2.45) is 7.05 Å². The van der Waals surface area contributed by atoms with E-state index in [1.165, 1.54) is 0 Å². The zero-order chi connectivity index (χ0) is 12.3. The normalized spacial score (nSPS) is 14.1. The first-order valence-corrected chi connectivity index (χ1v) is 6.58. The number of aryl methyl sites for hydroxylation is 2. The second-order valence-corrected chi connectivity index (χ2v) is 7.03. The molecular weight excluding hydrogens is 220 g/mol. The van der Waals surface area contributed by atoms with Crippen molar-refractivity contribution in [2.75, 3.05) is 5.75 Å². The molecule has 0 aliphatic carbocycles. The molecule has 0 aromatic carbocycles. The van der Waals surface area contributed by atoms with E-state index in [1.807, 2.05) is 24.7 Å². The molecule has 0 amide bonds.